The molecule has 156 valence electrons. The Morgan fingerprint density at radius 3 is 2.33 bits per heavy atom. The van der Waals surface area contributed by atoms with Gasteiger partial charge in [0.2, 0.25) is 5.91 Å². The first kappa shape index (κ1) is 21.0. The summed E-state index contributed by atoms with van der Waals surface area (Å²) in [5.41, 5.74) is 1.81. The van der Waals surface area contributed by atoms with E-state index in [1.807, 2.05) is 26.0 Å². The van der Waals surface area contributed by atoms with Crippen LogP contribution in [0.4, 0.5) is 16.2 Å². The lowest BCUT2D eigenvalue weighted by atomic mass is 9.97. The predicted octanol–water partition coefficient (Wildman–Crippen LogP) is 3.14. The van der Waals surface area contributed by atoms with Crippen LogP contribution in [-0.2, 0) is 14.4 Å². The summed E-state index contributed by atoms with van der Waals surface area (Å²) in [5.74, 6) is -1.83. The Bertz CT molecular complexity index is 987. The highest BCUT2D eigenvalue weighted by Crippen LogP contribution is 2.27. The van der Waals surface area contributed by atoms with Crippen molar-refractivity contribution >= 4 is 35.1 Å². The van der Waals surface area contributed by atoms with E-state index in [2.05, 4.69) is 5.32 Å². The van der Waals surface area contributed by atoms with E-state index in [1.165, 1.54) is 19.2 Å². The van der Waals surface area contributed by atoms with Crippen molar-refractivity contribution in [1.82, 2.24) is 4.90 Å². The molecule has 1 aliphatic rings. The number of anilines is 2. The first-order valence-electron chi connectivity index (χ1n) is 9.60. The summed E-state index contributed by atoms with van der Waals surface area (Å²) in [4.78, 5) is 51.3. The smallest absolute Gasteiger partial charge is 0.339 e. The number of rotatable bonds is 7. The molecule has 1 saturated heterocycles. The maximum atomic E-state index is 12.7. The summed E-state index contributed by atoms with van der Waals surface area (Å²) in [6.45, 7) is 3.54. The van der Waals surface area contributed by atoms with Gasteiger partial charge in [0.1, 0.15) is 12.3 Å². The number of amides is 5. The number of carbonyl (C=O) groups is 4. The molecule has 8 nitrogen and oxygen atoms in total. The van der Waals surface area contributed by atoms with Gasteiger partial charge in [-0.25, -0.2) is 14.6 Å². The van der Waals surface area contributed by atoms with Crippen molar-refractivity contribution in [3.05, 3.63) is 54.1 Å². The monoisotopic (exact) mass is 409 g/mol. The minimum absolute atomic E-state index is 0.226. The van der Waals surface area contributed by atoms with E-state index >= 15 is 0 Å². The number of nitrogens with one attached hydrogen (secondary N) is 1. The molecule has 2 aromatic carbocycles. The van der Waals surface area contributed by atoms with E-state index in [0.717, 1.165) is 16.9 Å². The quantitative estimate of drug-likeness (QED) is 0.560. The van der Waals surface area contributed by atoms with Crippen molar-refractivity contribution in [2.45, 2.75) is 26.2 Å². The highest BCUT2D eigenvalue weighted by Gasteiger charge is 2.46. The van der Waals surface area contributed by atoms with Crippen molar-refractivity contribution in [2.24, 2.45) is 0 Å². The van der Waals surface area contributed by atoms with Crippen LogP contribution in [0.25, 0.3) is 0 Å². The minimum atomic E-state index is -1.04. The minimum Gasteiger partial charge on any atom is -0.497 e. The van der Waals surface area contributed by atoms with Gasteiger partial charge >= 0.3 is 17.8 Å². The molecule has 1 aliphatic heterocycles. The maximum absolute atomic E-state index is 12.7. The second-order valence-corrected chi connectivity index (χ2v) is 6.96. The molecule has 1 heterocycles. The number of ether oxygens (including phenoxy) is 1. The zero-order chi connectivity index (χ0) is 21.8. The number of methoxy groups -OCH3 is 1. The topological polar surface area (TPSA) is 96.0 Å². The molecule has 1 atom stereocenters. The lowest BCUT2D eigenvalue weighted by Gasteiger charge is -2.18. The van der Waals surface area contributed by atoms with E-state index in [1.54, 1.807) is 24.3 Å². The fourth-order valence-electron chi connectivity index (χ4n) is 3.20. The summed E-state index contributed by atoms with van der Waals surface area (Å²) in [6, 6.07) is 12.6. The Morgan fingerprint density at radius 2 is 1.70 bits per heavy atom. The number of urea groups is 1. The van der Waals surface area contributed by atoms with Crippen molar-refractivity contribution in [2.75, 3.05) is 23.9 Å². The van der Waals surface area contributed by atoms with E-state index in [0.29, 0.717) is 16.3 Å². The first-order valence-corrected chi connectivity index (χ1v) is 9.60. The molecule has 0 bridgehead atoms. The number of para-hydroxylation sites is 1. The molecule has 0 radical (unpaired) electrons. The first-order chi connectivity index (χ1) is 14.4. The van der Waals surface area contributed by atoms with Gasteiger partial charge in [-0.1, -0.05) is 32.0 Å². The van der Waals surface area contributed by atoms with E-state index < -0.39 is 30.3 Å². The molecule has 8 heteroatoms. The molecule has 2 aromatic rings. The Hall–Kier alpha value is -3.68. The number of hydrogen-bond donors (Lipinski definition) is 1. The molecule has 0 spiro atoms. The van der Waals surface area contributed by atoms with Gasteiger partial charge in [-0.2, -0.15) is 0 Å². The van der Waals surface area contributed by atoms with E-state index in [4.69, 9.17) is 4.74 Å². The fourth-order valence-corrected chi connectivity index (χ4v) is 3.20. The highest BCUT2D eigenvalue weighted by atomic mass is 16.5. The number of imide groups is 2. The molecule has 3 rings (SSSR count). The van der Waals surface area contributed by atoms with Gasteiger partial charge < -0.3 is 10.1 Å². The highest BCUT2D eigenvalue weighted by molar-refractivity contribution is 6.53. The van der Waals surface area contributed by atoms with Crippen LogP contribution in [0.3, 0.4) is 0 Å². The SMILES string of the molecule is CC[C@@H](C)c1ccccc1NC(=O)CN1C(=O)C(=O)N(c2ccc(OC)cc2)C1=O. The van der Waals surface area contributed by atoms with Crippen LogP contribution in [-0.4, -0.2) is 42.3 Å². The molecule has 1 fully saturated rings. The molecule has 0 aromatic heterocycles. The molecule has 5 amide bonds. The van der Waals surface area contributed by atoms with Crippen molar-refractivity contribution in [3.8, 4) is 5.75 Å². The van der Waals surface area contributed by atoms with Crippen molar-refractivity contribution < 1.29 is 23.9 Å². The van der Waals surface area contributed by atoms with Gasteiger partial charge in [-0.15, -0.1) is 0 Å². The molecule has 1 N–H and O–H groups in total. The maximum Gasteiger partial charge on any atom is 0.339 e. The summed E-state index contributed by atoms with van der Waals surface area (Å²) >= 11 is 0. The van der Waals surface area contributed by atoms with Crippen LogP contribution in [0.5, 0.6) is 5.75 Å². The summed E-state index contributed by atoms with van der Waals surface area (Å²) < 4.78 is 5.05. The normalized spacial score (nSPS) is 14.8. The lowest BCUT2D eigenvalue weighted by Crippen LogP contribution is -2.39. The van der Waals surface area contributed by atoms with E-state index in [9.17, 15) is 19.2 Å². The standard InChI is InChI=1S/C22H23N3O5/c1-4-14(2)17-7-5-6-8-18(17)23-19(26)13-24-20(27)21(28)25(22(24)29)15-9-11-16(30-3)12-10-15/h5-12,14H,4,13H2,1-3H3,(H,23,26)/t14-/m1/s1. The van der Waals surface area contributed by atoms with Crippen LogP contribution in [0.1, 0.15) is 31.7 Å². The largest absolute Gasteiger partial charge is 0.497 e. The second-order valence-electron chi connectivity index (χ2n) is 6.96. The van der Waals surface area contributed by atoms with Gasteiger partial charge in [0.05, 0.1) is 12.8 Å². The number of hydrogen-bond acceptors (Lipinski definition) is 5. The summed E-state index contributed by atoms with van der Waals surface area (Å²) in [5, 5.41) is 2.75. The third kappa shape index (κ3) is 4.03. The molecular weight excluding hydrogens is 386 g/mol. The van der Waals surface area contributed by atoms with Gasteiger partial charge in [-0.3, -0.25) is 14.4 Å². The van der Waals surface area contributed by atoms with Gasteiger partial charge in [0.25, 0.3) is 0 Å². The molecule has 0 unspecified atom stereocenters. The summed E-state index contributed by atoms with van der Waals surface area (Å²) in [7, 11) is 1.49. The Morgan fingerprint density at radius 1 is 1.03 bits per heavy atom. The third-order valence-electron chi connectivity index (χ3n) is 5.06. The van der Waals surface area contributed by atoms with E-state index in [-0.39, 0.29) is 11.6 Å². The lowest BCUT2D eigenvalue weighted by molar-refractivity contribution is -0.140. The summed E-state index contributed by atoms with van der Waals surface area (Å²) in [6.07, 6.45) is 0.890. The van der Waals surface area contributed by atoms with Crippen LogP contribution >= 0.6 is 0 Å². The van der Waals surface area contributed by atoms with Crippen LogP contribution < -0.4 is 15.0 Å². The van der Waals surface area contributed by atoms with Gasteiger partial charge in [0.15, 0.2) is 0 Å². The second kappa shape index (κ2) is 8.77. The van der Waals surface area contributed by atoms with Gasteiger partial charge in [-0.05, 0) is 48.2 Å². The molecule has 0 aliphatic carbocycles. The third-order valence-corrected chi connectivity index (χ3v) is 5.06. The fraction of sp³-hybridized carbons (Fsp3) is 0.273. The Labute approximate surface area is 174 Å². The average Bonchev–Trinajstić information content (AvgIpc) is 2.96. The average molecular weight is 409 g/mol. The zero-order valence-corrected chi connectivity index (χ0v) is 17.0. The number of benzene rings is 2. The Kier molecular flexibility index (Phi) is 6.15. The number of nitrogens with zero attached hydrogens (tertiary/aromatic N) is 2. The Balaban J connectivity index is 1.75. The molecular formula is C22H23N3O5. The predicted molar refractivity (Wildman–Crippen MR) is 111 cm³/mol. The van der Waals surface area contributed by atoms with Crippen LogP contribution in [0.2, 0.25) is 0 Å². The van der Waals surface area contributed by atoms with Gasteiger partial charge in [0, 0.05) is 5.69 Å². The van der Waals surface area contributed by atoms with Crippen LogP contribution in [0.15, 0.2) is 48.5 Å². The molecule has 0 saturated carbocycles. The number of carbonyl (C=O) groups excluding carboxylic acids is 4. The van der Waals surface area contributed by atoms with Crippen molar-refractivity contribution in [3.63, 3.8) is 0 Å². The van der Waals surface area contributed by atoms with Crippen molar-refractivity contribution in [1.29, 1.82) is 0 Å². The molecule has 30 heavy (non-hydrogen) atoms. The van der Waals surface area contributed by atoms with Crippen LogP contribution in [0, 0.1) is 0 Å². The zero-order valence-electron chi connectivity index (χ0n) is 17.0.